The first-order valence-electron chi connectivity index (χ1n) is 10.5. The minimum absolute atomic E-state index is 0.637. The number of hydrogen-bond acceptors (Lipinski definition) is 5. The molecule has 33 heavy (non-hydrogen) atoms. The molecular weight excluding hydrogens is 436 g/mol. The van der Waals surface area contributed by atoms with Crippen molar-refractivity contribution >= 4 is 28.3 Å². The fourth-order valence-electron chi connectivity index (χ4n) is 3.96. The van der Waals surface area contributed by atoms with Gasteiger partial charge in [-0.2, -0.15) is 10.2 Å². The average molecular weight is 455 g/mol. The van der Waals surface area contributed by atoms with Crippen LogP contribution in [-0.2, 0) is 6.54 Å². The third-order valence-corrected chi connectivity index (χ3v) is 6.29. The third kappa shape index (κ3) is 3.27. The van der Waals surface area contributed by atoms with Gasteiger partial charge in [-0.05, 0) is 31.5 Å². The molecule has 0 atom stereocenters. The van der Waals surface area contributed by atoms with Crippen LogP contribution in [-0.4, -0.2) is 39.1 Å². The van der Waals surface area contributed by atoms with E-state index >= 15 is 0 Å². The van der Waals surface area contributed by atoms with Crippen LogP contribution in [0.5, 0.6) is 0 Å². The van der Waals surface area contributed by atoms with Crippen molar-refractivity contribution in [2.24, 2.45) is 0 Å². The summed E-state index contributed by atoms with van der Waals surface area (Å²) in [6.07, 6.45) is 3.46. The lowest BCUT2D eigenvalue weighted by Crippen LogP contribution is -2.03. The molecule has 8 nitrogen and oxygen atoms in total. The van der Waals surface area contributed by atoms with E-state index < -0.39 is 0 Å². The zero-order valence-corrected chi connectivity index (χ0v) is 18.8. The maximum atomic E-state index is 6.27. The molecule has 2 aromatic carbocycles. The molecule has 0 radical (unpaired) electrons. The zero-order chi connectivity index (χ0) is 22.5. The van der Waals surface area contributed by atoms with E-state index in [9.17, 15) is 0 Å². The maximum absolute atomic E-state index is 6.27. The first-order chi connectivity index (χ1) is 16.1. The predicted octanol–water partition coefficient (Wildman–Crippen LogP) is 4.65. The minimum Gasteiger partial charge on any atom is -0.264 e. The number of fused-ring (bicyclic) bond motifs is 3. The van der Waals surface area contributed by atoms with Crippen LogP contribution in [0.4, 0.5) is 0 Å². The summed E-state index contributed by atoms with van der Waals surface area (Å²) in [6, 6.07) is 18.1. The van der Waals surface area contributed by atoms with Gasteiger partial charge < -0.3 is 0 Å². The Hall–Kier alpha value is -4.04. The lowest BCUT2D eigenvalue weighted by atomic mass is 10.1. The number of para-hydroxylation sites is 1. The first kappa shape index (κ1) is 19.6. The fourth-order valence-corrected chi connectivity index (χ4v) is 4.10. The molecule has 0 amide bonds. The molecule has 6 aromatic rings. The van der Waals surface area contributed by atoms with Crippen molar-refractivity contribution in [1.29, 1.82) is 0 Å². The number of aromatic nitrogens is 8. The van der Waals surface area contributed by atoms with E-state index in [1.807, 2.05) is 65.7 Å². The smallest absolute Gasteiger partial charge is 0.182 e. The Kier molecular flexibility index (Phi) is 4.48. The van der Waals surface area contributed by atoms with Crippen LogP contribution in [0.15, 0.2) is 67.1 Å². The van der Waals surface area contributed by atoms with E-state index in [1.54, 1.807) is 17.0 Å². The number of aryl methyl sites for hydroxylation is 1. The summed E-state index contributed by atoms with van der Waals surface area (Å²) in [6.45, 7) is 4.55. The van der Waals surface area contributed by atoms with Crippen LogP contribution in [0.1, 0.15) is 17.0 Å². The van der Waals surface area contributed by atoms with Gasteiger partial charge in [0.05, 0.1) is 40.2 Å². The van der Waals surface area contributed by atoms with Gasteiger partial charge in [0.25, 0.3) is 0 Å². The summed E-state index contributed by atoms with van der Waals surface area (Å²) in [7, 11) is 0. The molecule has 162 valence electrons. The Bertz CT molecular complexity index is 1610. The second-order valence-corrected chi connectivity index (χ2v) is 8.29. The Labute approximate surface area is 194 Å². The molecule has 0 N–H and O–H groups in total. The SMILES string of the molecule is Cc1nn(Cc2ccc(-c3nc4c5cnn(-c6ccccc6)c5ncn4n3)cc2)c(C)c1Cl. The van der Waals surface area contributed by atoms with Gasteiger partial charge in [0.1, 0.15) is 6.33 Å². The predicted molar refractivity (Wildman–Crippen MR) is 127 cm³/mol. The summed E-state index contributed by atoms with van der Waals surface area (Å²) in [5, 5.41) is 15.2. The molecule has 0 aliphatic carbocycles. The lowest BCUT2D eigenvalue weighted by Gasteiger charge is -2.05. The summed E-state index contributed by atoms with van der Waals surface area (Å²) in [4.78, 5) is 9.36. The van der Waals surface area contributed by atoms with Gasteiger partial charge in [0.2, 0.25) is 0 Å². The average Bonchev–Trinajstić information content (AvgIpc) is 3.53. The maximum Gasteiger partial charge on any atom is 0.182 e. The second-order valence-electron chi connectivity index (χ2n) is 7.92. The topological polar surface area (TPSA) is 78.7 Å². The van der Waals surface area contributed by atoms with Gasteiger partial charge in [-0.25, -0.2) is 19.2 Å². The number of halogens is 1. The van der Waals surface area contributed by atoms with E-state index in [0.29, 0.717) is 12.4 Å². The van der Waals surface area contributed by atoms with Gasteiger partial charge in [-0.15, -0.1) is 5.10 Å². The highest BCUT2D eigenvalue weighted by atomic mass is 35.5. The van der Waals surface area contributed by atoms with Crippen LogP contribution < -0.4 is 0 Å². The zero-order valence-electron chi connectivity index (χ0n) is 18.0. The molecule has 0 spiro atoms. The van der Waals surface area contributed by atoms with Crippen LogP contribution in [0, 0.1) is 13.8 Å². The van der Waals surface area contributed by atoms with Crippen molar-refractivity contribution in [1.82, 2.24) is 39.1 Å². The minimum atomic E-state index is 0.637. The summed E-state index contributed by atoms with van der Waals surface area (Å²) in [5.41, 5.74) is 6.27. The monoisotopic (exact) mass is 454 g/mol. The molecule has 0 fully saturated rings. The lowest BCUT2D eigenvalue weighted by molar-refractivity contribution is 0.659. The Morgan fingerprint density at radius 1 is 0.909 bits per heavy atom. The molecular formula is C24H19ClN8. The standard InChI is InChI=1S/C24H19ClN8/c1-15-21(25)16(2)31(29-15)13-17-8-10-18(11-9-17)22-28-24-20-12-27-33(19-6-4-3-5-7-19)23(20)26-14-32(24)30-22/h3-12,14H,13H2,1-2H3. The number of benzene rings is 2. The number of rotatable bonds is 4. The molecule has 0 aliphatic rings. The Balaban J connectivity index is 1.34. The van der Waals surface area contributed by atoms with E-state index in [1.165, 1.54) is 0 Å². The van der Waals surface area contributed by atoms with Gasteiger partial charge in [0.15, 0.2) is 17.1 Å². The molecule has 4 aromatic heterocycles. The largest absolute Gasteiger partial charge is 0.264 e. The highest BCUT2D eigenvalue weighted by Crippen LogP contribution is 2.24. The summed E-state index contributed by atoms with van der Waals surface area (Å²) in [5.74, 6) is 0.637. The fraction of sp³-hybridized carbons (Fsp3) is 0.125. The van der Waals surface area contributed by atoms with Gasteiger partial charge in [0, 0.05) is 5.56 Å². The van der Waals surface area contributed by atoms with Crippen molar-refractivity contribution in [3.05, 3.63) is 89.1 Å². The normalized spacial score (nSPS) is 11.6. The van der Waals surface area contributed by atoms with Gasteiger partial charge in [-0.3, -0.25) is 4.68 Å². The van der Waals surface area contributed by atoms with Crippen LogP contribution in [0.2, 0.25) is 5.02 Å². The molecule has 0 unspecified atom stereocenters. The summed E-state index contributed by atoms with van der Waals surface area (Å²) >= 11 is 6.27. The molecule has 0 aliphatic heterocycles. The van der Waals surface area contributed by atoms with Crippen molar-refractivity contribution < 1.29 is 0 Å². The van der Waals surface area contributed by atoms with E-state index in [-0.39, 0.29) is 0 Å². The van der Waals surface area contributed by atoms with Crippen LogP contribution in [0.3, 0.4) is 0 Å². The highest BCUT2D eigenvalue weighted by Gasteiger charge is 2.15. The molecule has 0 saturated carbocycles. The second kappa shape index (κ2) is 7.53. The Morgan fingerprint density at radius 2 is 1.70 bits per heavy atom. The van der Waals surface area contributed by atoms with E-state index in [4.69, 9.17) is 16.6 Å². The quantitative estimate of drug-likeness (QED) is 0.387. The molecule has 0 saturated heterocycles. The van der Waals surface area contributed by atoms with Crippen LogP contribution >= 0.6 is 11.6 Å². The summed E-state index contributed by atoms with van der Waals surface area (Å²) < 4.78 is 5.42. The molecule has 4 heterocycles. The number of nitrogens with zero attached hydrogens (tertiary/aromatic N) is 8. The van der Waals surface area contributed by atoms with Gasteiger partial charge >= 0.3 is 0 Å². The van der Waals surface area contributed by atoms with Gasteiger partial charge in [-0.1, -0.05) is 54.1 Å². The van der Waals surface area contributed by atoms with Crippen molar-refractivity contribution in [2.75, 3.05) is 0 Å². The first-order valence-corrected chi connectivity index (χ1v) is 10.9. The molecule has 6 rings (SSSR count). The molecule has 9 heteroatoms. The van der Waals surface area contributed by atoms with Crippen molar-refractivity contribution in [2.45, 2.75) is 20.4 Å². The van der Waals surface area contributed by atoms with Crippen molar-refractivity contribution in [3.8, 4) is 17.1 Å². The molecule has 0 bridgehead atoms. The number of hydrogen-bond donors (Lipinski definition) is 0. The van der Waals surface area contributed by atoms with Crippen LogP contribution in [0.25, 0.3) is 33.8 Å². The third-order valence-electron chi connectivity index (χ3n) is 5.74. The van der Waals surface area contributed by atoms with E-state index in [2.05, 4.69) is 32.4 Å². The highest BCUT2D eigenvalue weighted by molar-refractivity contribution is 6.31. The van der Waals surface area contributed by atoms with E-state index in [0.717, 1.165) is 49.9 Å². The Morgan fingerprint density at radius 3 is 2.42 bits per heavy atom. The van der Waals surface area contributed by atoms with Crippen molar-refractivity contribution in [3.63, 3.8) is 0 Å².